The molecular formula is C11H24F2N2. The van der Waals surface area contributed by atoms with Crippen LogP contribution in [0.5, 0.6) is 0 Å². The second-order valence-electron chi connectivity index (χ2n) is 4.33. The van der Waals surface area contributed by atoms with Gasteiger partial charge in [0.2, 0.25) is 0 Å². The third kappa shape index (κ3) is 5.42. The van der Waals surface area contributed by atoms with Crippen molar-refractivity contribution in [1.82, 2.24) is 10.2 Å². The van der Waals surface area contributed by atoms with Crippen molar-refractivity contribution in [2.75, 3.05) is 33.7 Å². The van der Waals surface area contributed by atoms with Gasteiger partial charge < -0.3 is 10.2 Å². The number of halogens is 2. The third-order valence-electron chi connectivity index (χ3n) is 3.11. The minimum absolute atomic E-state index is 0.123. The molecule has 0 radical (unpaired) electrons. The molecule has 0 unspecified atom stereocenters. The minimum atomic E-state index is -2.24. The fourth-order valence-corrected chi connectivity index (χ4v) is 2.03. The Morgan fingerprint density at radius 1 is 1.27 bits per heavy atom. The Morgan fingerprint density at radius 2 is 1.80 bits per heavy atom. The van der Waals surface area contributed by atoms with Crippen LogP contribution < -0.4 is 5.32 Å². The average molecular weight is 222 g/mol. The van der Waals surface area contributed by atoms with Crippen LogP contribution in [0.1, 0.15) is 26.7 Å². The van der Waals surface area contributed by atoms with E-state index in [2.05, 4.69) is 19.2 Å². The molecule has 92 valence electrons. The number of alkyl halides is 2. The van der Waals surface area contributed by atoms with Crippen molar-refractivity contribution in [2.24, 2.45) is 5.41 Å². The van der Waals surface area contributed by atoms with Crippen LogP contribution >= 0.6 is 0 Å². The quantitative estimate of drug-likeness (QED) is 0.677. The van der Waals surface area contributed by atoms with Gasteiger partial charge in [-0.25, -0.2) is 8.78 Å². The number of nitrogens with one attached hydrogen (secondary N) is 1. The van der Waals surface area contributed by atoms with E-state index in [1.807, 2.05) is 7.05 Å². The molecule has 0 bridgehead atoms. The van der Waals surface area contributed by atoms with Gasteiger partial charge in [-0.05, 0) is 32.4 Å². The van der Waals surface area contributed by atoms with E-state index in [4.69, 9.17) is 0 Å². The van der Waals surface area contributed by atoms with E-state index >= 15 is 0 Å². The molecular weight excluding hydrogens is 198 g/mol. The first-order valence-electron chi connectivity index (χ1n) is 5.61. The summed E-state index contributed by atoms with van der Waals surface area (Å²) in [6, 6.07) is 0. The van der Waals surface area contributed by atoms with Gasteiger partial charge in [0.1, 0.15) is 0 Å². The molecule has 0 saturated heterocycles. The molecule has 15 heavy (non-hydrogen) atoms. The first-order valence-corrected chi connectivity index (χ1v) is 5.61. The lowest BCUT2D eigenvalue weighted by Gasteiger charge is -2.35. The third-order valence-corrected chi connectivity index (χ3v) is 3.11. The van der Waals surface area contributed by atoms with Gasteiger partial charge in [-0.3, -0.25) is 0 Å². The summed E-state index contributed by atoms with van der Waals surface area (Å²) in [5.41, 5.74) is 0.123. The number of nitrogens with zero attached hydrogens (tertiary/aromatic N) is 1. The zero-order chi connectivity index (χ0) is 11.9. The SMILES string of the molecule is CCC(CC)(CNC)CN(C)CC(F)F. The molecule has 0 heterocycles. The standard InChI is InChI=1S/C11H24F2N2/c1-5-11(6-2,8-14-3)9-15(4)7-10(12)13/h10,14H,5-9H2,1-4H3. The lowest BCUT2D eigenvalue weighted by molar-refractivity contribution is 0.0718. The van der Waals surface area contributed by atoms with E-state index in [1.165, 1.54) is 0 Å². The van der Waals surface area contributed by atoms with Crippen LogP contribution in [0.2, 0.25) is 0 Å². The largest absolute Gasteiger partial charge is 0.319 e. The van der Waals surface area contributed by atoms with E-state index in [0.29, 0.717) is 0 Å². The van der Waals surface area contributed by atoms with Crippen LogP contribution in [0.25, 0.3) is 0 Å². The second-order valence-corrected chi connectivity index (χ2v) is 4.33. The summed E-state index contributed by atoms with van der Waals surface area (Å²) in [5.74, 6) is 0. The molecule has 0 aromatic carbocycles. The summed E-state index contributed by atoms with van der Waals surface area (Å²) in [7, 11) is 3.68. The highest BCUT2D eigenvalue weighted by Gasteiger charge is 2.27. The Hall–Kier alpha value is -0.220. The van der Waals surface area contributed by atoms with Gasteiger partial charge in [-0.2, -0.15) is 0 Å². The lowest BCUT2D eigenvalue weighted by atomic mass is 9.81. The molecule has 0 aliphatic rings. The Balaban J connectivity index is 4.25. The predicted molar refractivity (Wildman–Crippen MR) is 60.4 cm³/mol. The molecule has 0 fully saturated rings. The topological polar surface area (TPSA) is 15.3 Å². The molecule has 0 amide bonds. The van der Waals surface area contributed by atoms with Gasteiger partial charge in [-0.1, -0.05) is 13.8 Å². The van der Waals surface area contributed by atoms with Crippen LogP contribution in [-0.2, 0) is 0 Å². The molecule has 0 atom stereocenters. The van der Waals surface area contributed by atoms with Gasteiger partial charge in [0, 0.05) is 13.1 Å². The van der Waals surface area contributed by atoms with Gasteiger partial charge in [0.15, 0.2) is 0 Å². The first-order chi connectivity index (χ1) is 6.99. The van der Waals surface area contributed by atoms with Crippen molar-refractivity contribution >= 4 is 0 Å². The van der Waals surface area contributed by atoms with Gasteiger partial charge in [-0.15, -0.1) is 0 Å². The Labute approximate surface area is 92.0 Å². The number of rotatable bonds is 8. The Bertz CT molecular complexity index is 159. The van der Waals surface area contributed by atoms with Crippen LogP contribution in [0.4, 0.5) is 8.78 Å². The van der Waals surface area contributed by atoms with Crippen molar-refractivity contribution < 1.29 is 8.78 Å². The van der Waals surface area contributed by atoms with Crippen molar-refractivity contribution in [3.8, 4) is 0 Å². The normalized spacial score (nSPS) is 12.8. The predicted octanol–water partition coefficient (Wildman–Crippen LogP) is 2.21. The zero-order valence-corrected chi connectivity index (χ0v) is 10.3. The lowest BCUT2D eigenvalue weighted by Crippen LogP contribution is -2.42. The molecule has 0 spiro atoms. The monoisotopic (exact) mass is 222 g/mol. The molecule has 0 rings (SSSR count). The maximum absolute atomic E-state index is 12.2. The minimum Gasteiger partial charge on any atom is -0.319 e. The van der Waals surface area contributed by atoms with E-state index in [-0.39, 0.29) is 12.0 Å². The zero-order valence-electron chi connectivity index (χ0n) is 10.3. The molecule has 0 aromatic rings. The van der Waals surface area contributed by atoms with Crippen molar-refractivity contribution in [3.63, 3.8) is 0 Å². The number of hydrogen-bond donors (Lipinski definition) is 1. The molecule has 4 heteroatoms. The van der Waals surface area contributed by atoms with Crippen molar-refractivity contribution in [1.29, 1.82) is 0 Å². The fourth-order valence-electron chi connectivity index (χ4n) is 2.03. The average Bonchev–Trinajstić information content (AvgIpc) is 2.15. The molecule has 0 aliphatic heterocycles. The summed E-state index contributed by atoms with van der Waals surface area (Å²) in [6.45, 7) is 5.72. The summed E-state index contributed by atoms with van der Waals surface area (Å²) in [5, 5.41) is 3.15. The van der Waals surface area contributed by atoms with Crippen LogP contribution in [0, 0.1) is 5.41 Å². The second kappa shape index (κ2) is 7.12. The van der Waals surface area contributed by atoms with E-state index in [1.54, 1.807) is 11.9 Å². The van der Waals surface area contributed by atoms with Crippen LogP contribution in [0.3, 0.4) is 0 Å². The highest BCUT2D eigenvalue weighted by Crippen LogP contribution is 2.26. The first kappa shape index (κ1) is 14.8. The van der Waals surface area contributed by atoms with Gasteiger partial charge in [0.25, 0.3) is 6.43 Å². The van der Waals surface area contributed by atoms with E-state index in [0.717, 1.165) is 25.9 Å². The van der Waals surface area contributed by atoms with Gasteiger partial charge in [0.05, 0.1) is 6.54 Å². The van der Waals surface area contributed by atoms with Crippen LogP contribution in [0.15, 0.2) is 0 Å². The highest BCUT2D eigenvalue weighted by molar-refractivity contribution is 4.81. The molecule has 1 N–H and O–H groups in total. The van der Waals surface area contributed by atoms with Crippen molar-refractivity contribution in [2.45, 2.75) is 33.1 Å². The smallest absolute Gasteiger partial charge is 0.251 e. The Kier molecular flexibility index (Phi) is 7.02. The molecule has 2 nitrogen and oxygen atoms in total. The summed E-state index contributed by atoms with van der Waals surface area (Å²) >= 11 is 0. The summed E-state index contributed by atoms with van der Waals surface area (Å²) in [6.07, 6.45) is -0.216. The van der Waals surface area contributed by atoms with Gasteiger partial charge >= 0.3 is 0 Å². The maximum Gasteiger partial charge on any atom is 0.251 e. The molecule has 0 aliphatic carbocycles. The Morgan fingerprint density at radius 3 is 2.13 bits per heavy atom. The maximum atomic E-state index is 12.2. The molecule has 0 aromatic heterocycles. The van der Waals surface area contributed by atoms with E-state index in [9.17, 15) is 8.78 Å². The summed E-state index contributed by atoms with van der Waals surface area (Å²) in [4.78, 5) is 1.73. The number of hydrogen-bond acceptors (Lipinski definition) is 2. The van der Waals surface area contributed by atoms with E-state index < -0.39 is 6.43 Å². The van der Waals surface area contributed by atoms with Crippen molar-refractivity contribution in [3.05, 3.63) is 0 Å². The summed E-state index contributed by atoms with van der Waals surface area (Å²) < 4.78 is 24.4. The fraction of sp³-hybridized carbons (Fsp3) is 1.00. The molecule has 0 saturated carbocycles. The van der Waals surface area contributed by atoms with Crippen LogP contribution in [-0.4, -0.2) is 45.1 Å². The highest BCUT2D eigenvalue weighted by atomic mass is 19.3.